The van der Waals surface area contributed by atoms with Gasteiger partial charge < -0.3 is 38.2 Å². The Bertz CT molecular complexity index is 2530. The molecule has 0 saturated heterocycles. The minimum absolute atomic E-state index is 0.0253. The molecule has 0 radical (unpaired) electrons. The molecule has 390 valence electrons. The van der Waals surface area contributed by atoms with E-state index in [1.165, 1.54) is 0 Å². The molecule has 6 rings (SSSR count). The van der Waals surface area contributed by atoms with Crippen LogP contribution in [0.1, 0.15) is 79.0 Å². The molecular weight excluding hydrogens is 1100 g/mol. The molecule has 15 heteroatoms. The number of ether oxygens (including phenoxy) is 3. The lowest BCUT2D eigenvalue weighted by Gasteiger charge is -2.37. The highest BCUT2D eigenvalue weighted by atomic mass is 79.9. The van der Waals surface area contributed by atoms with E-state index in [4.69, 9.17) is 34.1 Å². The Morgan fingerprint density at radius 2 is 0.764 bits per heavy atom. The summed E-state index contributed by atoms with van der Waals surface area (Å²) in [5.41, 5.74) is 3.67. The van der Waals surface area contributed by atoms with E-state index in [0.717, 1.165) is 37.1 Å². The van der Waals surface area contributed by atoms with Gasteiger partial charge in [0.2, 0.25) is 0 Å². The molecule has 0 aliphatic rings. The van der Waals surface area contributed by atoms with Crippen LogP contribution < -0.4 is 28.5 Å². The van der Waals surface area contributed by atoms with Gasteiger partial charge in [-0.25, -0.2) is 0 Å². The highest BCUT2D eigenvalue weighted by molar-refractivity contribution is 9.10. The molecule has 0 amide bonds. The summed E-state index contributed by atoms with van der Waals surface area (Å²) >= 11 is 13.0. The topological polar surface area (TPSA) is 107 Å². The Hall–Kier alpha value is -3.99. The Balaban J connectivity index is 0.000000269. The van der Waals surface area contributed by atoms with Gasteiger partial charge in [0, 0.05) is 8.95 Å². The van der Waals surface area contributed by atoms with Crippen LogP contribution in [0.4, 0.5) is 0 Å². The predicted octanol–water partition coefficient (Wildman–Crippen LogP) is 16.7. The molecule has 0 fully saturated rings. The smallest absolute Gasteiger partial charge is 0.488 e. The fraction of sp³-hybridized carbons (Fsp3) is 0.368. The molecule has 8 nitrogen and oxygen atoms in total. The lowest BCUT2D eigenvalue weighted by molar-refractivity contribution is 0.289. The van der Waals surface area contributed by atoms with Crippen LogP contribution in [-0.2, 0) is 19.8 Å². The molecule has 3 N–H and O–H groups in total. The van der Waals surface area contributed by atoms with Crippen molar-refractivity contribution >= 4 is 79.5 Å². The number of rotatable bonds is 14. The van der Waals surface area contributed by atoms with E-state index in [1.807, 2.05) is 103 Å². The Kier molecular flexibility index (Phi) is 23.8. The molecule has 6 aromatic rings. The van der Waals surface area contributed by atoms with Gasteiger partial charge in [-0.3, -0.25) is 0 Å². The first-order chi connectivity index (χ1) is 33.3. The number of hydrogen-bond acceptors (Lipinski definition) is 8. The summed E-state index contributed by atoms with van der Waals surface area (Å²) in [7, 11) is -6.92. The molecule has 72 heavy (non-hydrogen) atoms. The molecule has 0 unspecified atom stereocenters. The molecular formula is C57H78BBr2ClO8Si3. The standard InChI is InChI=1S/C19H27BO4Si.C19H25BrO2Si.C13H11BrO2.C6H15ClSi/c1-19(2,3)25(4,5)24-18-13-16(20(21)22)11-12-17(18)23-14-15-9-7-6-8-10-15;1-19(2,3)23(4,5)22-18-13-16(20)11-12-17(18)21-14-15-9-7-6-8-10-15;14-11-6-7-13(12(15)8-11)16-9-10-4-2-1-3-5-10;1-6(2,3)8(4,5)7/h6-13,21-22H,14H2,1-5H3;6-13H,14H2,1-5H3;1-8,15H,9H2;1-5H3. The Morgan fingerprint density at radius 3 is 1.10 bits per heavy atom. The van der Waals surface area contributed by atoms with Gasteiger partial charge in [0.05, 0.1) is 0 Å². The SMILES string of the molecule is CC(C)(C)[Si](C)(C)Cl.CC(C)(C)[Si](C)(C)Oc1cc(B(O)O)ccc1OCc1ccccc1.CC(C)(C)[Si](C)(C)Oc1cc(Br)ccc1OCc1ccccc1.Oc1cc(Br)ccc1OCc1ccccc1. The maximum absolute atomic E-state index is 9.61. The first-order valence-electron chi connectivity index (χ1n) is 24.1. The minimum atomic E-state index is -2.09. The summed E-state index contributed by atoms with van der Waals surface area (Å²) in [5.74, 6) is 3.42. The monoisotopic (exact) mass is 1180 g/mol. The van der Waals surface area contributed by atoms with Crippen LogP contribution in [-0.4, -0.2) is 46.3 Å². The third kappa shape index (κ3) is 21.1. The van der Waals surface area contributed by atoms with Crippen molar-refractivity contribution < 1.29 is 38.2 Å². The van der Waals surface area contributed by atoms with Crippen molar-refractivity contribution in [3.05, 3.63) is 171 Å². The van der Waals surface area contributed by atoms with Crippen molar-refractivity contribution in [3.63, 3.8) is 0 Å². The van der Waals surface area contributed by atoms with Gasteiger partial charge in [-0.1, -0.05) is 204 Å². The summed E-state index contributed by atoms with van der Waals surface area (Å²) in [6.07, 6.45) is 0. The van der Waals surface area contributed by atoms with Gasteiger partial charge in [-0.2, -0.15) is 11.1 Å². The van der Waals surface area contributed by atoms with Gasteiger partial charge in [0.15, 0.2) is 30.4 Å². The average Bonchev–Trinajstić information content (AvgIpc) is 3.28. The zero-order valence-electron chi connectivity index (χ0n) is 45.1. The zero-order valence-corrected chi connectivity index (χ0v) is 52.0. The van der Waals surface area contributed by atoms with E-state index >= 15 is 0 Å². The maximum atomic E-state index is 9.61. The van der Waals surface area contributed by atoms with Gasteiger partial charge in [0.25, 0.3) is 16.6 Å². The van der Waals surface area contributed by atoms with Crippen LogP contribution in [0.5, 0.6) is 34.5 Å². The molecule has 0 bridgehead atoms. The van der Waals surface area contributed by atoms with Crippen LogP contribution in [0.25, 0.3) is 0 Å². The summed E-state index contributed by atoms with van der Waals surface area (Å²) < 4.78 is 32.1. The maximum Gasteiger partial charge on any atom is 0.488 e. The first-order valence-corrected chi connectivity index (χ1v) is 35.6. The number of benzene rings is 6. The van der Waals surface area contributed by atoms with Gasteiger partial charge in [0.1, 0.15) is 31.3 Å². The average molecular weight is 1180 g/mol. The highest BCUT2D eigenvalue weighted by Crippen LogP contribution is 2.42. The second kappa shape index (κ2) is 27.5. The second-order valence-corrected chi connectivity index (χ2v) is 40.6. The van der Waals surface area contributed by atoms with Crippen molar-refractivity contribution in [2.45, 2.75) is 137 Å². The molecule has 0 spiro atoms. The van der Waals surface area contributed by atoms with E-state index in [9.17, 15) is 15.2 Å². The summed E-state index contributed by atoms with van der Waals surface area (Å²) in [6, 6.07) is 46.1. The molecule has 0 aliphatic heterocycles. The fourth-order valence-electron chi connectivity index (χ4n) is 5.24. The fourth-order valence-corrected chi connectivity index (χ4v) is 7.96. The van der Waals surface area contributed by atoms with E-state index in [0.29, 0.717) is 47.6 Å². The van der Waals surface area contributed by atoms with Crippen LogP contribution in [0, 0.1) is 0 Å². The molecule has 0 aromatic heterocycles. The highest BCUT2D eigenvalue weighted by Gasteiger charge is 2.41. The number of phenols is 1. The van der Waals surface area contributed by atoms with E-state index < -0.39 is 31.1 Å². The van der Waals surface area contributed by atoms with Gasteiger partial charge >= 0.3 is 7.12 Å². The first kappa shape index (κ1) is 62.3. The van der Waals surface area contributed by atoms with Crippen LogP contribution in [0.2, 0.25) is 54.4 Å². The third-order valence-corrected chi connectivity index (χ3v) is 27.9. The zero-order chi connectivity index (χ0) is 54.1. The van der Waals surface area contributed by atoms with Gasteiger partial charge in [-0.15, -0.1) is 0 Å². The van der Waals surface area contributed by atoms with E-state index in [2.05, 4.69) is 146 Å². The van der Waals surface area contributed by atoms with E-state index in [-0.39, 0.29) is 15.8 Å². The normalized spacial score (nSPS) is 11.8. The predicted molar refractivity (Wildman–Crippen MR) is 317 cm³/mol. The summed E-state index contributed by atoms with van der Waals surface area (Å²) in [4.78, 5) is 0. The van der Waals surface area contributed by atoms with Gasteiger partial charge in [-0.05, 0) is 112 Å². The molecule has 0 aliphatic carbocycles. The molecule has 0 atom stereocenters. The summed E-state index contributed by atoms with van der Waals surface area (Å²) in [6.45, 7) is 34.4. The van der Waals surface area contributed by atoms with Crippen molar-refractivity contribution in [1.82, 2.24) is 0 Å². The molecule has 6 aromatic carbocycles. The molecule has 0 saturated carbocycles. The van der Waals surface area contributed by atoms with Crippen LogP contribution >= 0.6 is 42.9 Å². The largest absolute Gasteiger partial charge is 0.541 e. The third-order valence-electron chi connectivity index (χ3n) is 12.9. The number of phenolic OH excluding ortho intramolecular Hbond substituents is 1. The van der Waals surface area contributed by atoms with E-state index in [1.54, 1.807) is 30.3 Å². The Labute approximate surface area is 456 Å². The quantitative estimate of drug-likeness (QED) is 0.0731. The Morgan fingerprint density at radius 1 is 0.444 bits per heavy atom. The number of hydrogen-bond donors (Lipinski definition) is 3. The minimum Gasteiger partial charge on any atom is -0.541 e. The van der Waals surface area contributed by atoms with Crippen molar-refractivity contribution in [2.24, 2.45) is 0 Å². The van der Waals surface area contributed by atoms with Crippen molar-refractivity contribution in [2.75, 3.05) is 0 Å². The van der Waals surface area contributed by atoms with Crippen LogP contribution in [0.3, 0.4) is 0 Å². The lowest BCUT2D eigenvalue weighted by atomic mass is 9.80. The number of halogens is 3. The molecule has 0 heterocycles. The number of aromatic hydroxyl groups is 1. The van der Waals surface area contributed by atoms with Crippen molar-refractivity contribution in [3.8, 4) is 34.5 Å². The van der Waals surface area contributed by atoms with Crippen molar-refractivity contribution in [1.29, 1.82) is 0 Å². The summed E-state index contributed by atoms with van der Waals surface area (Å²) in [5, 5.41) is 29.1. The van der Waals surface area contributed by atoms with Crippen LogP contribution in [0.15, 0.2) is 155 Å². The second-order valence-electron chi connectivity index (χ2n) is 22.1. The lowest BCUT2D eigenvalue weighted by Crippen LogP contribution is -2.44.